The molecule has 0 amide bonds. The third-order valence-electron chi connectivity index (χ3n) is 3.05. The molecule has 1 aliphatic rings. The van der Waals surface area contributed by atoms with E-state index in [9.17, 15) is 0 Å². The molecule has 1 atom stereocenters. The zero-order valence-electron chi connectivity index (χ0n) is 9.47. The standard InChI is InChI=1S/C12H19BrN2S/c13-11-6-12(16-9-11)8-14-4-1-2-10-3-5-15-7-10/h6,9-10,14-15H,1-5,7-8H2. The summed E-state index contributed by atoms with van der Waals surface area (Å²) in [4.78, 5) is 1.41. The van der Waals surface area contributed by atoms with Crippen molar-refractivity contribution < 1.29 is 0 Å². The summed E-state index contributed by atoms with van der Waals surface area (Å²) in [6.07, 6.45) is 4.05. The molecule has 2 heterocycles. The summed E-state index contributed by atoms with van der Waals surface area (Å²) in [5.41, 5.74) is 0. The number of hydrogen-bond acceptors (Lipinski definition) is 3. The van der Waals surface area contributed by atoms with Gasteiger partial charge in [0.1, 0.15) is 0 Å². The van der Waals surface area contributed by atoms with Gasteiger partial charge in [-0.2, -0.15) is 0 Å². The predicted octanol–water partition coefficient (Wildman–Crippen LogP) is 2.99. The molecule has 0 aromatic carbocycles. The van der Waals surface area contributed by atoms with Gasteiger partial charge in [0.25, 0.3) is 0 Å². The fourth-order valence-corrected chi connectivity index (χ4v) is 3.56. The van der Waals surface area contributed by atoms with Crippen LogP contribution in [0.1, 0.15) is 24.1 Å². The normalized spacial score (nSPS) is 20.4. The van der Waals surface area contributed by atoms with Gasteiger partial charge < -0.3 is 10.6 Å². The van der Waals surface area contributed by atoms with Crippen LogP contribution in [0.15, 0.2) is 15.9 Å². The molecule has 16 heavy (non-hydrogen) atoms. The molecule has 0 spiro atoms. The van der Waals surface area contributed by atoms with Crippen molar-refractivity contribution in [2.45, 2.75) is 25.8 Å². The minimum absolute atomic E-state index is 0.928. The van der Waals surface area contributed by atoms with Crippen molar-refractivity contribution in [3.05, 3.63) is 20.8 Å². The Kier molecular flexibility index (Phi) is 5.29. The highest BCUT2D eigenvalue weighted by molar-refractivity contribution is 9.10. The van der Waals surface area contributed by atoms with Crippen molar-refractivity contribution in [3.63, 3.8) is 0 Å². The molecular formula is C12H19BrN2S. The Morgan fingerprint density at radius 3 is 3.19 bits per heavy atom. The zero-order chi connectivity index (χ0) is 11.2. The summed E-state index contributed by atoms with van der Waals surface area (Å²) >= 11 is 5.29. The Morgan fingerprint density at radius 2 is 2.50 bits per heavy atom. The molecule has 0 radical (unpaired) electrons. The van der Waals surface area contributed by atoms with Gasteiger partial charge in [0, 0.05) is 21.3 Å². The van der Waals surface area contributed by atoms with E-state index >= 15 is 0 Å². The summed E-state index contributed by atoms with van der Waals surface area (Å²) in [5.74, 6) is 0.928. The lowest BCUT2D eigenvalue weighted by atomic mass is 10.0. The van der Waals surface area contributed by atoms with Gasteiger partial charge in [-0.25, -0.2) is 0 Å². The van der Waals surface area contributed by atoms with Crippen molar-refractivity contribution >= 4 is 27.3 Å². The molecule has 0 aliphatic carbocycles. The summed E-state index contributed by atoms with van der Waals surface area (Å²) < 4.78 is 1.20. The van der Waals surface area contributed by atoms with Crippen molar-refractivity contribution in [1.82, 2.24) is 10.6 Å². The van der Waals surface area contributed by atoms with Crippen LogP contribution in [0.25, 0.3) is 0 Å². The van der Waals surface area contributed by atoms with E-state index < -0.39 is 0 Å². The fraction of sp³-hybridized carbons (Fsp3) is 0.667. The lowest BCUT2D eigenvalue weighted by Crippen LogP contribution is -2.16. The number of rotatable bonds is 6. The molecule has 1 aromatic heterocycles. The Bertz CT molecular complexity index is 308. The fourth-order valence-electron chi connectivity index (χ4n) is 2.13. The Hall–Kier alpha value is 0.1000. The van der Waals surface area contributed by atoms with Gasteiger partial charge in [-0.3, -0.25) is 0 Å². The van der Waals surface area contributed by atoms with Crippen LogP contribution in [-0.2, 0) is 6.54 Å². The zero-order valence-corrected chi connectivity index (χ0v) is 11.9. The summed E-state index contributed by atoms with van der Waals surface area (Å²) in [5, 5.41) is 9.07. The number of nitrogens with one attached hydrogen (secondary N) is 2. The van der Waals surface area contributed by atoms with E-state index in [1.807, 2.05) is 11.3 Å². The first kappa shape index (κ1) is 12.6. The van der Waals surface area contributed by atoms with Crippen LogP contribution in [0.4, 0.5) is 0 Å². The van der Waals surface area contributed by atoms with Gasteiger partial charge in [-0.1, -0.05) is 0 Å². The van der Waals surface area contributed by atoms with E-state index in [-0.39, 0.29) is 0 Å². The Labute approximate surface area is 110 Å². The lowest BCUT2D eigenvalue weighted by Gasteiger charge is -2.08. The van der Waals surface area contributed by atoms with E-state index in [1.54, 1.807) is 0 Å². The van der Waals surface area contributed by atoms with Crippen LogP contribution in [-0.4, -0.2) is 19.6 Å². The van der Waals surface area contributed by atoms with Crippen molar-refractivity contribution in [2.24, 2.45) is 5.92 Å². The minimum Gasteiger partial charge on any atom is -0.316 e. The molecule has 0 saturated carbocycles. The number of halogens is 1. The van der Waals surface area contributed by atoms with Crippen LogP contribution in [0, 0.1) is 5.92 Å². The smallest absolute Gasteiger partial charge is 0.0300 e. The Morgan fingerprint density at radius 1 is 1.56 bits per heavy atom. The van der Waals surface area contributed by atoms with Gasteiger partial charge in [-0.15, -0.1) is 11.3 Å². The van der Waals surface area contributed by atoms with Gasteiger partial charge >= 0.3 is 0 Å². The number of thiophene rings is 1. The molecule has 1 unspecified atom stereocenters. The van der Waals surface area contributed by atoms with Crippen molar-refractivity contribution in [2.75, 3.05) is 19.6 Å². The molecule has 1 saturated heterocycles. The minimum atomic E-state index is 0.928. The van der Waals surface area contributed by atoms with E-state index in [4.69, 9.17) is 0 Å². The van der Waals surface area contributed by atoms with E-state index in [0.29, 0.717) is 0 Å². The van der Waals surface area contributed by atoms with Crippen LogP contribution in [0.2, 0.25) is 0 Å². The molecule has 1 aliphatic heterocycles. The topological polar surface area (TPSA) is 24.1 Å². The molecule has 2 rings (SSSR count). The first-order valence-electron chi connectivity index (χ1n) is 5.99. The largest absolute Gasteiger partial charge is 0.316 e. The third kappa shape index (κ3) is 4.17. The maximum absolute atomic E-state index is 3.51. The second kappa shape index (κ2) is 6.74. The summed E-state index contributed by atoms with van der Waals surface area (Å²) in [7, 11) is 0. The SMILES string of the molecule is Brc1csc(CNCCCC2CCNC2)c1. The van der Waals surface area contributed by atoms with Gasteiger partial charge in [0.2, 0.25) is 0 Å². The second-order valence-electron chi connectivity index (χ2n) is 4.41. The maximum atomic E-state index is 3.51. The number of hydrogen-bond donors (Lipinski definition) is 2. The molecule has 2 nitrogen and oxygen atoms in total. The molecule has 1 fully saturated rings. The third-order valence-corrected chi connectivity index (χ3v) is 4.75. The molecule has 4 heteroatoms. The van der Waals surface area contributed by atoms with Gasteiger partial charge in [0.05, 0.1) is 0 Å². The van der Waals surface area contributed by atoms with Crippen LogP contribution < -0.4 is 10.6 Å². The lowest BCUT2D eigenvalue weighted by molar-refractivity contribution is 0.493. The van der Waals surface area contributed by atoms with Crippen molar-refractivity contribution in [3.8, 4) is 0 Å². The quantitative estimate of drug-likeness (QED) is 0.790. The average Bonchev–Trinajstić information content (AvgIpc) is 2.89. The molecule has 90 valence electrons. The monoisotopic (exact) mass is 302 g/mol. The first-order valence-corrected chi connectivity index (χ1v) is 7.66. The van der Waals surface area contributed by atoms with Gasteiger partial charge in [0.15, 0.2) is 0 Å². The molecular weight excluding hydrogens is 284 g/mol. The second-order valence-corrected chi connectivity index (χ2v) is 6.32. The highest BCUT2D eigenvalue weighted by atomic mass is 79.9. The highest BCUT2D eigenvalue weighted by Crippen LogP contribution is 2.19. The predicted molar refractivity (Wildman–Crippen MR) is 73.9 cm³/mol. The molecule has 1 aromatic rings. The maximum Gasteiger partial charge on any atom is 0.0300 e. The highest BCUT2D eigenvalue weighted by Gasteiger charge is 2.12. The summed E-state index contributed by atoms with van der Waals surface area (Å²) in [6.45, 7) is 4.62. The first-order chi connectivity index (χ1) is 7.84. The van der Waals surface area contributed by atoms with Crippen LogP contribution in [0.5, 0.6) is 0 Å². The average molecular weight is 303 g/mol. The van der Waals surface area contributed by atoms with E-state index in [2.05, 4.69) is 38.0 Å². The Balaban J connectivity index is 1.51. The van der Waals surface area contributed by atoms with E-state index in [1.165, 1.54) is 41.7 Å². The van der Waals surface area contributed by atoms with E-state index in [0.717, 1.165) is 19.0 Å². The van der Waals surface area contributed by atoms with Crippen LogP contribution in [0.3, 0.4) is 0 Å². The van der Waals surface area contributed by atoms with Crippen molar-refractivity contribution in [1.29, 1.82) is 0 Å². The summed E-state index contributed by atoms with van der Waals surface area (Å²) in [6, 6.07) is 2.19. The molecule has 2 N–H and O–H groups in total. The van der Waals surface area contributed by atoms with Crippen LogP contribution >= 0.6 is 27.3 Å². The van der Waals surface area contributed by atoms with Gasteiger partial charge in [-0.05, 0) is 66.8 Å². The molecule has 0 bridgehead atoms.